The van der Waals surface area contributed by atoms with Gasteiger partial charge in [-0.05, 0) is 73.4 Å². The third kappa shape index (κ3) is 8.03. The molecular formula is C22H42F9NO4Si4. The highest BCUT2D eigenvalue weighted by molar-refractivity contribution is 6.93. The summed E-state index contributed by atoms with van der Waals surface area (Å²) >= 11 is 0. The van der Waals surface area contributed by atoms with E-state index in [1.165, 1.54) is 13.8 Å². The topological polar surface area (TPSA) is 56.8 Å². The standard InChI is InChI=1S/C22H42F9NO4Si4/c1-13-18(32-19(33)14(2)3)40(34-37(7,8)20(26,27)15(4)23,35-38(9,10)21(28,29)16(5)24)36-39(11,12)22(30,31)17(6)25/h15-18H,2,13H2,1,3-12H3,(H,32,33). The van der Waals surface area contributed by atoms with Gasteiger partial charge in [0.05, 0.1) is 5.67 Å². The molecule has 1 N–H and O–H groups in total. The third-order valence-corrected chi connectivity index (χ3v) is 23.6. The van der Waals surface area contributed by atoms with Crippen molar-refractivity contribution in [2.45, 2.75) is 121 Å². The maximum absolute atomic E-state index is 15.2. The number of halogens is 9. The molecule has 40 heavy (non-hydrogen) atoms. The van der Waals surface area contributed by atoms with E-state index in [2.05, 4.69) is 11.9 Å². The summed E-state index contributed by atoms with van der Waals surface area (Å²) in [7, 11) is -20.1. The largest absolute Gasteiger partial charge is 0.493 e. The van der Waals surface area contributed by atoms with E-state index in [1.807, 2.05) is 0 Å². The molecule has 1 amide bonds. The average molecular weight is 668 g/mol. The number of nitrogens with one attached hydrogen (secondary N) is 1. The lowest BCUT2D eigenvalue weighted by Gasteiger charge is -2.50. The molecule has 5 nitrogen and oxygen atoms in total. The van der Waals surface area contributed by atoms with Crippen molar-refractivity contribution < 1.29 is 56.7 Å². The minimum Gasteiger partial charge on any atom is -0.409 e. The van der Waals surface area contributed by atoms with Crippen LogP contribution in [-0.4, -0.2) is 80.5 Å². The number of carbonyl (C=O) groups excluding carboxylic acids is 1. The van der Waals surface area contributed by atoms with Gasteiger partial charge in [-0.25, -0.2) is 39.5 Å². The van der Waals surface area contributed by atoms with E-state index in [-0.39, 0.29) is 12.0 Å². The summed E-state index contributed by atoms with van der Waals surface area (Å²) in [5.41, 5.74) is -14.6. The highest BCUT2D eigenvalue weighted by Crippen LogP contribution is 2.44. The number of alkyl halides is 9. The van der Waals surface area contributed by atoms with Crippen LogP contribution in [0.1, 0.15) is 41.0 Å². The third-order valence-electron chi connectivity index (χ3n) is 6.63. The molecular weight excluding hydrogens is 626 g/mol. The molecule has 0 aromatic heterocycles. The van der Waals surface area contributed by atoms with Crippen LogP contribution in [0.5, 0.6) is 0 Å². The molecule has 18 heteroatoms. The van der Waals surface area contributed by atoms with Crippen LogP contribution in [0.4, 0.5) is 39.5 Å². The Hall–Kier alpha value is -0.672. The van der Waals surface area contributed by atoms with Crippen LogP contribution in [0.15, 0.2) is 12.2 Å². The molecule has 0 saturated heterocycles. The van der Waals surface area contributed by atoms with E-state index in [4.69, 9.17) is 12.3 Å². The van der Waals surface area contributed by atoms with Crippen LogP contribution >= 0.6 is 0 Å². The van der Waals surface area contributed by atoms with Crippen molar-refractivity contribution in [3.8, 4) is 0 Å². The van der Waals surface area contributed by atoms with Gasteiger partial charge in [-0.1, -0.05) is 13.5 Å². The van der Waals surface area contributed by atoms with Crippen molar-refractivity contribution in [2.24, 2.45) is 0 Å². The van der Waals surface area contributed by atoms with Crippen LogP contribution in [-0.2, 0) is 17.1 Å². The van der Waals surface area contributed by atoms with Gasteiger partial charge in [0.1, 0.15) is 0 Å². The Labute approximate surface area is 235 Å². The van der Waals surface area contributed by atoms with Gasteiger partial charge in [-0.2, -0.15) is 0 Å². The zero-order valence-corrected chi connectivity index (χ0v) is 28.8. The van der Waals surface area contributed by atoms with E-state index in [9.17, 15) is 18.0 Å². The van der Waals surface area contributed by atoms with Gasteiger partial charge in [0.25, 0.3) is 41.6 Å². The second-order valence-electron chi connectivity index (χ2n) is 11.4. The van der Waals surface area contributed by atoms with Crippen molar-refractivity contribution in [3.05, 3.63) is 12.2 Å². The molecule has 0 heterocycles. The molecule has 0 spiro atoms. The second kappa shape index (κ2) is 12.9. The van der Waals surface area contributed by atoms with Gasteiger partial charge < -0.3 is 17.7 Å². The van der Waals surface area contributed by atoms with Gasteiger partial charge in [0, 0.05) is 5.57 Å². The molecule has 0 aliphatic rings. The van der Waals surface area contributed by atoms with Gasteiger partial charge >= 0.3 is 8.80 Å². The number of hydrogen-bond acceptors (Lipinski definition) is 4. The zero-order chi connectivity index (χ0) is 32.5. The molecule has 0 aliphatic carbocycles. The molecule has 0 rings (SSSR count). The number of hydrogen-bond donors (Lipinski definition) is 1. The first kappa shape index (κ1) is 39.3. The molecule has 0 fully saturated rings. The van der Waals surface area contributed by atoms with Crippen molar-refractivity contribution in [2.75, 3.05) is 0 Å². The summed E-state index contributed by atoms with van der Waals surface area (Å²) in [6, 6.07) is 0. The predicted molar refractivity (Wildman–Crippen MR) is 145 cm³/mol. The Balaban J connectivity index is 7.76. The van der Waals surface area contributed by atoms with Gasteiger partial charge in [-0.15, -0.1) is 0 Å². The molecule has 0 aromatic rings. The van der Waals surface area contributed by atoms with Crippen LogP contribution in [0.2, 0.25) is 39.3 Å². The highest BCUT2D eigenvalue weighted by atomic mass is 28.5. The number of carbonyl (C=O) groups is 1. The van der Waals surface area contributed by atoms with E-state index in [0.717, 1.165) is 39.3 Å². The Morgan fingerprint density at radius 3 is 1.15 bits per heavy atom. The maximum atomic E-state index is 15.2. The zero-order valence-electron chi connectivity index (χ0n) is 24.8. The Morgan fingerprint density at radius 1 is 0.725 bits per heavy atom. The molecule has 0 saturated carbocycles. The minimum atomic E-state index is -5.53. The van der Waals surface area contributed by atoms with Crippen molar-refractivity contribution in [1.29, 1.82) is 0 Å². The van der Waals surface area contributed by atoms with Gasteiger partial charge in [0.2, 0.25) is 5.91 Å². The summed E-state index contributed by atoms with van der Waals surface area (Å²) in [5, 5.41) is 2.32. The van der Waals surface area contributed by atoms with Gasteiger partial charge in [0.15, 0.2) is 18.5 Å². The van der Waals surface area contributed by atoms with E-state index in [1.54, 1.807) is 0 Å². The van der Waals surface area contributed by atoms with E-state index in [0.29, 0.717) is 20.8 Å². The van der Waals surface area contributed by atoms with E-state index < -0.39 is 80.5 Å². The molecule has 0 aliphatic heterocycles. The molecule has 0 bridgehead atoms. The Bertz CT molecular complexity index is 820. The van der Waals surface area contributed by atoms with Crippen molar-refractivity contribution >= 4 is 39.7 Å². The summed E-state index contributed by atoms with van der Waals surface area (Å²) in [4.78, 5) is 12.6. The van der Waals surface area contributed by atoms with Gasteiger partial charge in [-0.3, -0.25) is 4.79 Å². The van der Waals surface area contributed by atoms with Crippen LogP contribution in [0.3, 0.4) is 0 Å². The monoisotopic (exact) mass is 667 g/mol. The smallest absolute Gasteiger partial charge is 0.409 e. The molecule has 0 aromatic carbocycles. The molecule has 4 atom stereocenters. The number of amides is 1. The number of rotatable bonds is 16. The quantitative estimate of drug-likeness (QED) is 0.108. The first-order chi connectivity index (χ1) is 17.5. The lowest BCUT2D eigenvalue weighted by molar-refractivity contribution is -0.118. The minimum absolute atomic E-state index is 0.140. The Morgan fingerprint density at radius 2 is 0.975 bits per heavy atom. The summed E-state index contributed by atoms with van der Waals surface area (Å²) in [6.07, 6.45) is -8.85. The van der Waals surface area contributed by atoms with Crippen molar-refractivity contribution in [1.82, 2.24) is 5.32 Å². The van der Waals surface area contributed by atoms with Crippen LogP contribution in [0.25, 0.3) is 0 Å². The summed E-state index contributed by atoms with van der Waals surface area (Å²) < 4.78 is 151. The lowest BCUT2D eigenvalue weighted by Crippen LogP contribution is -2.77. The first-order valence-electron chi connectivity index (χ1n) is 12.6. The Kier molecular flexibility index (Phi) is 12.7. The summed E-state index contributed by atoms with van der Waals surface area (Å²) in [6.45, 7) is 12.4. The highest BCUT2D eigenvalue weighted by Gasteiger charge is 2.70. The predicted octanol–water partition coefficient (Wildman–Crippen LogP) is 7.20. The lowest BCUT2D eigenvalue weighted by atomic mass is 10.3. The molecule has 0 radical (unpaired) electrons. The fourth-order valence-electron chi connectivity index (χ4n) is 3.71. The fraction of sp³-hybridized carbons (Fsp3) is 0.864. The maximum Gasteiger partial charge on any atom is 0.493 e. The summed E-state index contributed by atoms with van der Waals surface area (Å²) in [5.74, 6) is -0.945. The first-order valence-corrected chi connectivity index (χ1v) is 23.1. The van der Waals surface area contributed by atoms with Crippen LogP contribution < -0.4 is 5.32 Å². The second-order valence-corrected chi connectivity index (χ2v) is 26.8. The normalized spacial score (nSPS) is 18.9. The average Bonchev–Trinajstić information content (AvgIpc) is 2.74. The fourth-order valence-corrected chi connectivity index (χ4v) is 20.9. The molecule has 4 unspecified atom stereocenters. The van der Waals surface area contributed by atoms with Crippen molar-refractivity contribution in [3.63, 3.8) is 0 Å². The molecule has 238 valence electrons. The van der Waals surface area contributed by atoms with E-state index >= 15 is 26.3 Å². The van der Waals surface area contributed by atoms with Crippen LogP contribution in [0, 0.1) is 0 Å². The SMILES string of the molecule is C=C(C)C(=O)NC(CC)[Si](O[Si](C)(C)C(F)(F)C(C)F)(O[Si](C)(C)C(F)(F)C(C)F)O[Si](C)(C)C(F)(F)C(C)F.